The third-order valence-corrected chi connectivity index (χ3v) is 11.9. The fraction of sp³-hybridized carbons (Fsp3) is 0.128. The maximum absolute atomic E-state index is 5.55. The molecule has 2 aliphatic rings. The van der Waals surface area contributed by atoms with Crippen LogP contribution in [0.4, 0.5) is 0 Å². The van der Waals surface area contributed by atoms with Crippen LogP contribution < -0.4 is 0 Å². The second-order valence-corrected chi connectivity index (χ2v) is 15.2. The van der Waals surface area contributed by atoms with Gasteiger partial charge in [-0.3, -0.25) is 0 Å². The topological polar surface area (TPSA) is 22.8 Å². The summed E-state index contributed by atoms with van der Waals surface area (Å²) in [6, 6.07) is 51.7. The van der Waals surface area contributed by atoms with E-state index in [2.05, 4.69) is 176 Å². The lowest BCUT2D eigenvalue weighted by Crippen LogP contribution is -2.15. The fourth-order valence-corrected chi connectivity index (χ4v) is 9.45. The van der Waals surface area contributed by atoms with E-state index in [1.165, 1.54) is 66.3 Å². The second kappa shape index (κ2) is 9.40. The van der Waals surface area contributed by atoms with Crippen molar-refractivity contribution in [1.82, 2.24) is 14.1 Å². The molecule has 3 nitrogen and oxygen atoms in total. The second-order valence-electron chi connectivity index (χ2n) is 15.2. The van der Waals surface area contributed by atoms with Crippen LogP contribution in [-0.4, -0.2) is 14.1 Å². The number of nitrogens with zero attached hydrogens (tertiary/aromatic N) is 3. The molecular weight excluding hydrogens is 607 g/mol. The van der Waals surface area contributed by atoms with E-state index in [-0.39, 0.29) is 10.8 Å². The van der Waals surface area contributed by atoms with Crippen molar-refractivity contribution < 1.29 is 0 Å². The quantitative estimate of drug-likeness (QED) is 0.184. The van der Waals surface area contributed by atoms with E-state index < -0.39 is 0 Å². The largest absolute Gasteiger partial charge is 0.308 e. The number of hydrogen-bond acceptors (Lipinski definition) is 1. The number of benzene rings is 6. The van der Waals surface area contributed by atoms with Gasteiger partial charge in [0, 0.05) is 33.0 Å². The normalized spacial score (nSPS) is 15.1. The lowest BCUT2D eigenvalue weighted by atomic mass is 9.82. The zero-order valence-electron chi connectivity index (χ0n) is 28.6. The smallest absolute Gasteiger partial charge is 0.0972 e. The molecule has 0 saturated carbocycles. The van der Waals surface area contributed by atoms with Gasteiger partial charge in [0.2, 0.25) is 0 Å². The molecule has 50 heavy (non-hydrogen) atoms. The molecule has 0 bridgehead atoms. The lowest BCUT2D eigenvalue weighted by Gasteiger charge is -2.22. The van der Waals surface area contributed by atoms with Crippen molar-refractivity contribution >= 4 is 43.9 Å². The predicted octanol–water partition coefficient (Wildman–Crippen LogP) is 11.9. The van der Waals surface area contributed by atoms with Crippen LogP contribution in [0.2, 0.25) is 0 Å². The van der Waals surface area contributed by atoms with Gasteiger partial charge in [-0.2, -0.15) is 0 Å². The molecule has 6 aromatic carbocycles. The molecule has 3 heteroatoms. The van der Waals surface area contributed by atoms with Crippen LogP contribution in [0.3, 0.4) is 0 Å². The van der Waals surface area contributed by atoms with Crippen LogP contribution in [0.15, 0.2) is 140 Å². The van der Waals surface area contributed by atoms with E-state index in [1.54, 1.807) is 0 Å². The van der Waals surface area contributed by atoms with Crippen LogP contribution in [0.1, 0.15) is 49.9 Å². The first-order chi connectivity index (χ1) is 24.3. The highest BCUT2D eigenvalue weighted by molar-refractivity contribution is 6.15. The van der Waals surface area contributed by atoms with Gasteiger partial charge in [-0.1, -0.05) is 125 Å². The Labute approximate surface area is 291 Å². The minimum atomic E-state index is -0.0837. The SMILES string of the molecule is CC1(C)c2ccccc2-c2ccc(-n3c4ccccc4c4nc5c6ccccc6n(-c6ccc7c(c6)C(C)(C)c6ccccc6-7)c5cc43)cc21. The van der Waals surface area contributed by atoms with Crippen LogP contribution >= 0.6 is 0 Å². The van der Waals surface area contributed by atoms with Gasteiger partial charge in [-0.25, -0.2) is 4.98 Å². The van der Waals surface area contributed by atoms with Gasteiger partial charge in [0.1, 0.15) is 0 Å². The van der Waals surface area contributed by atoms with Crippen molar-refractivity contribution in [2.45, 2.75) is 38.5 Å². The third kappa shape index (κ3) is 3.42. The van der Waals surface area contributed by atoms with Gasteiger partial charge < -0.3 is 9.13 Å². The summed E-state index contributed by atoms with van der Waals surface area (Å²) in [6.45, 7) is 9.42. The first-order valence-electron chi connectivity index (χ1n) is 17.7. The Kier molecular flexibility index (Phi) is 5.25. The summed E-state index contributed by atoms with van der Waals surface area (Å²) >= 11 is 0. The molecule has 2 aliphatic carbocycles. The standard InChI is InChI=1S/C47H35N3/c1-46(2)36-17-9-5-13-30(36)32-23-21-28(25-38(32)46)49-40-19-11-7-15-34(40)44-42(49)27-43-45(48-44)35-16-8-12-20-41(35)50(43)29-22-24-33-31-14-6-10-18-37(31)47(3,4)39(33)26-29/h5-27H,1-4H3. The highest BCUT2D eigenvalue weighted by Gasteiger charge is 2.37. The maximum atomic E-state index is 5.55. The van der Waals surface area contributed by atoms with Crippen molar-refractivity contribution in [3.05, 3.63) is 162 Å². The Morgan fingerprint density at radius 2 is 0.780 bits per heavy atom. The van der Waals surface area contributed by atoms with Crippen LogP contribution in [-0.2, 0) is 10.8 Å². The Morgan fingerprint density at radius 1 is 0.380 bits per heavy atom. The molecular formula is C47H35N3. The molecule has 0 aliphatic heterocycles. The zero-order chi connectivity index (χ0) is 33.5. The maximum Gasteiger partial charge on any atom is 0.0972 e. The average Bonchev–Trinajstić information content (AvgIpc) is 3.79. The van der Waals surface area contributed by atoms with Gasteiger partial charge in [-0.05, 0) is 87.0 Å². The summed E-state index contributed by atoms with van der Waals surface area (Å²) in [4.78, 5) is 5.55. The fourth-order valence-electron chi connectivity index (χ4n) is 9.45. The van der Waals surface area contributed by atoms with Gasteiger partial charge >= 0.3 is 0 Å². The molecule has 0 unspecified atom stereocenters. The molecule has 238 valence electrons. The number of para-hydroxylation sites is 2. The van der Waals surface area contributed by atoms with Crippen LogP contribution in [0.5, 0.6) is 0 Å². The summed E-state index contributed by atoms with van der Waals surface area (Å²) in [7, 11) is 0. The molecule has 0 fully saturated rings. The average molecular weight is 642 g/mol. The Hall–Kier alpha value is -5.93. The molecule has 11 rings (SSSR count). The van der Waals surface area contributed by atoms with E-state index >= 15 is 0 Å². The minimum Gasteiger partial charge on any atom is -0.308 e. The van der Waals surface area contributed by atoms with Gasteiger partial charge in [0.15, 0.2) is 0 Å². The van der Waals surface area contributed by atoms with E-state index in [9.17, 15) is 0 Å². The van der Waals surface area contributed by atoms with Crippen LogP contribution in [0.25, 0.3) is 77.5 Å². The highest BCUT2D eigenvalue weighted by Crippen LogP contribution is 2.51. The number of pyridine rings is 1. The molecule has 9 aromatic rings. The summed E-state index contributed by atoms with van der Waals surface area (Å²) in [5.74, 6) is 0. The molecule has 3 aromatic heterocycles. The molecule has 0 amide bonds. The Balaban J connectivity index is 1.20. The molecule has 0 spiro atoms. The van der Waals surface area contributed by atoms with Gasteiger partial charge in [0.05, 0.1) is 33.1 Å². The van der Waals surface area contributed by atoms with Gasteiger partial charge in [-0.15, -0.1) is 0 Å². The summed E-state index contributed by atoms with van der Waals surface area (Å²) < 4.78 is 4.86. The molecule has 0 atom stereocenters. The van der Waals surface area contributed by atoms with Crippen LogP contribution in [0, 0.1) is 0 Å². The summed E-state index contributed by atoms with van der Waals surface area (Å²) in [6.07, 6.45) is 0. The number of fused-ring (bicyclic) bond motifs is 12. The first-order valence-corrected chi connectivity index (χ1v) is 17.7. The summed E-state index contributed by atoms with van der Waals surface area (Å²) in [5.41, 5.74) is 19.7. The zero-order valence-corrected chi connectivity index (χ0v) is 28.6. The first kappa shape index (κ1) is 28.0. The molecule has 0 saturated heterocycles. The van der Waals surface area contributed by atoms with E-state index in [0.717, 1.165) is 33.4 Å². The predicted molar refractivity (Wildman–Crippen MR) is 208 cm³/mol. The van der Waals surface area contributed by atoms with Gasteiger partial charge in [0.25, 0.3) is 0 Å². The molecule has 3 heterocycles. The van der Waals surface area contributed by atoms with E-state index in [4.69, 9.17) is 4.98 Å². The monoisotopic (exact) mass is 641 g/mol. The van der Waals surface area contributed by atoms with Crippen molar-refractivity contribution in [2.75, 3.05) is 0 Å². The molecule has 0 N–H and O–H groups in total. The van der Waals surface area contributed by atoms with E-state index in [1.807, 2.05) is 0 Å². The Bertz CT molecular complexity index is 2730. The van der Waals surface area contributed by atoms with Crippen molar-refractivity contribution in [2.24, 2.45) is 0 Å². The Morgan fingerprint density at radius 3 is 1.26 bits per heavy atom. The lowest BCUT2D eigenvalue weighted by molar-refractivity contribution is 0.660. The number of hydrogen-bond donors (Lipinski definition) is 0. The summed E-state index contributed by atoms with van der Waals surface area (Å²) in [5, 5.41) is 2.34. The third-order valence-electron chi connectivity index (χ3n) is 11.9. The van der Waals surface area contributed by atoms with E-state index in [0.29, 0.717) is 0 Å². The highest BCUT2D eigenvalue weighted by atomic mass is 15.0. The van der Waals surface area contributed by atoms with Crippen molar-refractivity contribution in [3.8, 4) is 33.6 Å². The number of aromatic nitrogens is 3. The minimum absolute atomic E-state index is 0.0837. The van der Waals surface area contributed by atoms with Crippen molar-refractivity contribution in [1.29, 1.82) is 0 Å². The van der Waals surface area contributed by atoms with Crippen molar-refractivity contribution in [3.63, 3.8) is 0 Å². The number of rotatable bonds is 2. The molecule has 0 radical (unpaired) electrons.